The molecule has 1 heterocycles. The van der Waals surface area contributed by atoms with Crippen LogP contribution in [-0.4, -0.2) is 47.4 Å². The number of ether oxygens (including phenoxy) is 1. The molecule has 0 spiro atoms. The number of aliphatic hydroxyl groups is 2. The summed E-state index contributed by atoms with van der Waals surface area (Å²) in [5.41, 5.74) is -1.71. The van der Waals surface area contributed by atoms with Crippen LogP contribution in [0.1, 0.15) is 36.3 Å². The Morgan fingerprint density at radius 3 is 2.67 bits per heavy atom. The van der Waals surface area contributed by atoms with Crippen molar-refractivity contribution < 1.29 is 32.6 Å². The summed E-state index contributed by atoms with van der Waals surface area (Å²) >= 11 is 0. The van der Waals surface area contributed by atoms with Gasteiger partial charge >= 0.3 is 0 Å². The third kappa shape index (κ3) is 7.03. The summed E-state index contributed by atoms with van der Waals surface area (Å²) in [6.07, 6.45) is -0.152. The van der Waals surface area contributed by atoms with Gasteiger partial charge in [0.2, 0.25) is 10.0 Å². The number of nitrogens with two attached hydrogens (primary N) is 1. The molecule has 1 atom stereocenters. The fourth-order valence-electron chi connectivity index (χ4n) is 2.67. The van der Waals surface area contributed by atoms with Crippen LogP contribution in [0.25, 0.3) is 0 Å². The number of primary sulfonamides is 1. The topological polar surface area (TPSA) is 168 Å². The molecule has 0 saturated carbocycles. The SMILES string of the molecule is Cn1cc(S(N)(=O)=O)c(OCCC(O)C#CC(C)(C)O)c1C(=O)Nc1ccc(F)c(C#N)c1. The van der Waals surface area contributed by atoms with Gasteiger partial charge in [-0.05, 0) is 32.0 Å². The van der Waals surface area contributed by atoms with E-state index in [1.165, 1.54) is 31.5 Å². The highest BCUT2D eigenvalue weighted by atomic mass is 32.2. The first-order chi connectivity index (χ1) is 15.2. The largest absolute Gasteiger partial charge is 0.490 e. The minimum absolute atomic E-state index is 0.0629. The molecule has 1 unspecified atom stereocenters. The Hall–Kier alpha value is -3.42. The smallest absolute Gasteiger partial charge is 0.276 e. The number of nitrogens with zero attached hydrogens (tertiary/aromatic N) is 2. The molecule has 1 aromatic heterocycles. The molecule has 0 aliphatic rings. The molecule has 0 aliphatic carbocycles. The summed E-state index contributed by atoms with van der Waals surface area (Å²) in [7, 11) is -2.89. The van der Waals surface area contributed by atoms with Crippen molar-refractivity contribution in [1.29, 1.82) is 5.26 Å². The van der Waals surface area contributed by atoms with Crippen molar-refractivity contribution >= 4 is 21.6 Å². The third-order valence-electron chi connectivity index (χ3n) is 4.15. The number of aromatic nitrogens is 1. The maximum atomic E-state index is 13.5. The molecule has 0 radical (unpaired) electrons. The second-order valence-electron chi connectivity index (χ2n) is 7.57. The van der Waals surface area contributed by atoms with E-state index in [0.717, 1.165) is 18.3 Å². The van der Waals surface area contributed by atoms with Crippen molar-refractivity contribution in [1.82, 2.24) is 4.57 Å². The molecule has 5 N–H and O–H groups in total. The lowest BCUT2D eigenvalue weighted by atomic mass is 10.1. The van der Waals surface area contributed by atoms with E-state index in [-0.39, 0.29) is 35.7 Å². The Morgan fingerprint density at radius 1 is 1.42 bits per heavy atom. The Labute approximate surface area is 190 Å². The highest BCUT2D eigenvalue weighted by Gasteiger charge is 2.28. The van der Waals surface area contributed by atoms with Crippen molar-refractivity contribution in [2.45, 2.75) is 36.9 Å². The molecule has 0 saturated heterocycles. The van der Waals surface area contributed by atoms with E-state index in [2.05, 4.69) is 17.2 Å². The van der Waals surface area contributed by atoms with Crippen molar-refractivity contribution in [3.05, 3.63) is 41.5 Å². The predicted octanol–water partition coefficient (Wildman–Crippen LogP) is 0.840. The minimum atomic E-state index is -4.28. The lowest BCUT2D eigenvalue weighted by Crippen LogP contribution is -2.19. The maximum Gasteiger partial charge on any atom is 0.276 e. The van der Waals surface area contributed by atoms with Crippen LogP contribution in [0.4, 0.5) is 10.1 Å². The number of amides is 1. The number of hydrogen-bond acceptors (Lipinski definition) is 7. The fourth-order valence-corrected chi connectivity index (χ4v) is 3.38. The standard InChI is InChI=1S/C21H23FN4O6S/c1-21(2,29)8-6-15(27)7-9-32-19-17(33(24,30)31)12-26(3)18(19)20(28)25-14-4-5-16(22)13(10-14)11-23/h4-5,10,12,15,27,29H,7,9H2,1-3H3,(H,25,28)(H2,24,30,31). The summed E-state index contributed by atoms with van der Waals surface area (Å²) in [5, 5.41) is 36.1. The Bertz CT molecular complexity index is 1260. The second kappa shape index (κ2) is 10.0. The Kier molecular flexibility index (Phi) is 7.84. The normalized spacial score (nSPS) is 12.3. The van der Waals surface area contributed by atoms with E-state index in [1.807, 2.05) is 0 Å². The molecule has 2 rings (SSSR count). The van der Waals surface area contributed by atoms with E-state index in [4.69, 9.17) is 15.1 Å². The number of hydrogen-bond donors (Lipinski definition) is 4. The number of benzene rings is 1. The average molecular weight is 479 g/mol. The number of aryl methyl sites for hydroxylation is 1. The first-order valence-corrected chi connectivity index (χ1v) is 11.1. The summed E-state index contributed by atoms with van der Waals surface area (Å²) < 4.78 is 44.2. The van der Waals surface area contributed by atoms with E-state index in [0.29, 0.717) is 0 Å². The van der Waals surface area contributed by atoms with Crippen LogP contribution in [0.2, 0.25) is 0 Å². The molecule has 12 heteroatoms. The van der Waals surface area contributed by atoms with Crippen molar-refractivity contribution in [3.63, 3.8) is 0 Å². The van der Waals surface area contributed by atoms with Gasteiger partial charge < -0.3 is 24.8 Å². The summed E-state index contributed by atoms with van der Waals surface area (Å²) in [5.74, 6) is 2.97. The number of rotatable bonds is 7. The number of carbonyl (C=O) groups excluding carboxylic acids is 1. The first kappa shape index (κ1) is 25.8. The Morgan fingerprint density at radius 2 is 2.09 bits per heavy atom. The van der Waals surface area contributed by atoms with Crippen LogP contribution >= 0.6 is 0 Å². The lowest BCUT2D eigenvalue weighted by molar-refractivity contribution is 0.101. The van der Waals surface area contributed by atoms with Gasteiger partial charge in [0.1, 0.15) is 28.5 Å². The molecule has 0 fully saturated rings. The van der Waals surface area contributed by atoms with Gasteiger partial charge in [-0.15, -0.1) is 0 Å². The number of carbonyl (C=O) groups is 1. The molecule has 176 valence electrons. The Balaban J connectivity index is 2.31. The van der Waals surface area contributed by atoms with Crippen LogP contribution in [0.5, 0.6) is 5.75 Å². The average Bonchev–Trinajstić information content (AvgIpc) is 3.04. The summed E-state index contributed by atoms with van der Waals surface area (Å²) in [6, 6.07) is 5.01. The van der Waals surface area contributed by atoms with Gasteiger partial charge in [-0.25, -0.2) is 17.9 Å². The summed E-state index contributed by atoms with van der Waals surface area (Å²) in [6.45, 7) is 2.65. The van der Waals surface area contributed by atoms with Gasteiger partial charge in [-0.3, -0.25) is 4.79 Å². The molecular formula is C21H23FN4O6S. The van der Waals surface area contributed by atoms with E-state index in [1.54, 1.807) is 6.07 Å². The molecule has 2 aromatic rings. The number of aliphatic hydroxyl groups excluding tert-OH is 1. The molecule has 10 nitrogen and oxygen atoms in total. The number of halogens is 1. The van der Waals surface area contributed by atoms with Gasteiger partial charge in [-0.1, -0.05) is 11.8 Å². The van der Waals surface area contributed by atoms with E-state index < -0.39 is 38.3 Å². The van der Waals surface area contributed by atoms with Crippen LogP contribution in [-0.2, 0) is 17.1 Å². The lowest BCUT2D eigenvalue weighted by Gasteiger charge is -2.12. The number of sulfonamides is 1. The van der Waals surface area contributed by atoms with Crippen LogP contribution < -0.4 is 15.2 Å². The zero-order valence-electron chi connectivity index (χ0n) is 18.1. The number of anilines is 1. The molecule has 1 amide bonds. The van der Waals surface area contributed by atoms with Gasteiger partial charge in [-0.2, -0.15) is 5.26 Å². The van der Waals surface area contributed by atoms with Crippen LogP contribution in [0.15, 0.2) is 29.3 Å². The zero-order valence-corrected chi connectivity index (χ0v) is 18.9. The van der Waals surface area contributed by atoms with Gasteiger partial charge in [0.25, 0.3) is 5.91 Å². The van der Waals surface area contributed by atoms with Crippen molar-refractivity contribution in [2.24, 2.45) is 12.2 Å². The molecular weight excluding hydrogens is 455 g/mol. The van der Waals surface area contributed by atoms with Crippen molar-refractivity contribution in [3.8, 4) is 23.7 Å². The van der Waals surface area contributed by atoms with Crippen LogP contribution in [0.3, 0.4) is 0 Å². The quantitative estimate of drug-likeness (QED) is 0.428. The van der Waals surface area contributed by atoms with Crippen LogP contribution in [0, 0.1) is 29.0 Å². The zero-order chi connectivity index (χ0) is 25.0. The monoisotopic (exact) mass is 478 g/mol. The predicted molar refractivity (Wildman–Crippen MR) is 116 cm³/mol. The van der Waals surface area contributed by atoms with Gasteiger partial charge in [0.05, 0.1) is 12.2 Å². The highest BCUT2D eigenvalue weighted by Crippen LogP contribution is 2.30. The number of nitriles is 1. The molecule has 1 aromatic carbocycles. The third-order valence-corrected chi connectivity index (χ3v) is 5.05. The summed E-state index contributed by atoms with van der Waals surface area (Å²) in [4.78, 5) is 12.4. The number of nitrogens with one attached hydrogen (secondary N) is 1. The molecule has 0 aliphatic heterocycles. The van der Waals surface area contributed by atoms with Gasteiger partial charge in [0, 0.05) is 25.4 Å². The van der Waals surface area contributed by atoms with E-state index in [9.17, 15) is 27.8 Å². The van der Waals surface area contributed by atoms with Gasteiger partial charge in [0.15, 0.2) is 11.4 Å². The molecule has 0 bridgehead atoms. The molecule has 33 heavy (non-hydrogen) atoms. The van der Waals surface area contributed by atoms with E-state index >= 15 is 0 Å². The second-order valence-corrected chi connectivity index (χ2v) is 9.10. The first-order valence-electron chi connectivity index (χ1n) is 9.52. The highest BCUT2D eigenvalue weighted by molar-refractivity contribution is 7.89. The fraction of sp³-hybridized carbons (Fsp3) is 0.333. The maximum absolute atomic E-state index is 13.5. The van der Waals surface area contributed by atoms with Crippen molar-refractivity contribution in [2.75, 3.05) is 11.9 Å². The minimum Gasteiger partial charge on any atom is -0.490 e.